The number of hydrogen-bond donors (Lipinski definition) is 0. The van der Waals surface area contributed by atoms with Gasteiger partial charge < -0.3 is 9.26 Å². The minimum atomic E-state index is 0.110. The molecule has 27 heavy (non-hydrogen) atoms. The molecule has 0 radical (unpaired) electrons. The van der Waals surface area contributed by atoms with E-state index in [1.165, 1.54) is 0 Å². The van der Waals surface area contributed by atoms with Gasteiger partial charge in [-0.3, -0.25) is 9.78 Å². The number of nitrogens with zero attached hydrogens (tertiary/aromatic N) is 2. The molecule has 0 unspecified atom stereocenters. The van der Waals surface area contributed by atoms with Gasteiger partial charge in [0.2, 0.25) is 0 Å². The summed E-state index contributed by atoms with van der Waals surface area (Å²) in [5.74, 6) is 2.08. The second kappa shape index (κ2) is 6.87. The van der Waals surface area contributed by atoms with Crippen molar-refractivity contribution in [2.75, 3.05) is 0 Å². The van der Waals surface area contributed by atoms with E-state index >= 15 is 0 Å². The van der Waals surface area contributed by atoms with Crippen LogP contribution in [0.15, 0.2) is 16.9 Å². The summed E-state index contributed by atoms with van der Waals surface area (Å²) in [6.45, 7) is 0.401. The van der Waals surface area contributed by atoms with Crippen molar-refractivity contribution in [3.63, 3.8) is 0 Å². The molecule has 0 aromatic carbocycles. The fourth-order valence-corrected chi connectivity index (χ4v) is 5.06. The number of fused-ring (bicyclic) bond motifs is 2. The van der Waals surface area contributed by atoms with E-state index in [0.29, 0.717) is 39.6 Å². The Labute approximate surface area is 167 Å². The quantitative estimate of drug-likeness (QED) is 0.682. The second-order valence-electron chi connectivity index (χ2n) is 7.90. The molecule has 7 heteroatoms. The fraction of sp³-hybridized carbons (Fsp3) is 0.550. The summed E-state index contributed by atoms with van der Waals surface area (Å²) in [4.78, 5) is 16.1. The molecule has 2 aromatic rings. The van der Waals surface area contributed by atoms with Crippen LogP contribution in [0.25, 0.3) is 11.3 Å². The lowest BCUT2D eigenvalue weighted by Gasteiger charge is -2.26. The molecule has 5 nitrogen and oxygen atoms in total. The molecule has 0 amide bonds. The molecule has 3 aliphatic carbocycles. The number of hydrogen-bond acceptors (Lipinski definition) is 5. The summed E-state index contributed by atoms with van der Waals surface area (Å²) in [5, 5.41) is 5.17. The van der Waals surface area contributed by atoms with Crippen LogP contribution in [0.1, 0.15) is 55.8 Å². The van der Waals surface area contributed by atoms with Crippen LogP contribution < -0.4 is 0 Å². The topological polar surface area (TPSA) is 65.2 Å². The Kier molecular flexibility index (Phi) is 4.49. The number of halogens is 2. The SMILES string of the molecule is O=C1[C@@H]2CC[C@H]1C[C@H](OCc1c(-c3c(Cl)cncc3Cl)noc1C1CC1)C2. The first-order valence-corrected chi connectivity index (χ1v) is 10.3. The maximum absolute atomic E-state index is 12.1. The van der Waals surface area contributed by atoms with Gasteiger partial charge in [-0.2, -0.15) is 0 Å². The number of rotatable bonds is 5. The maximum Gasteiger partial charge on any atom is 0.145 e. The standard InChI is InChI=1S/C20H20Cl2N2O3/c21-15-7-23-8-16(22)17(15)18-14(20(27-24-18)10-1-2-10)9-26-13-5-11-3-4-12(6-13)19(11)25/h7-8,10-13H,1-6,9H2/t11-,12+,13-. The van der Waals surface area contributed by atoms with Crippen LogP contribution in [0.2, 0.25) is 10.0 Å². The van der Waals surface area contributed by atoms with Gasteiger partial charge in [0.05, 0.1) is 22.8 Å². The zero-order valence-electron chi connectivity index (χ0n) is 14.8. The van der Waals surface area contributed by atoms with Crippen molar-refractivity contribution in [3.05, 3.63) is 33.8 Å². The van der Waals surface area contributed by atoms with Crippen LogP contribution in [0.4, 0.5) is 0 Å². The summed E-state index contributed by atoms with van der Waals surface area (Å²) >= 11 is 12.7. The third kappa shape index (κ3) is 3.20. The Balaban J connectivity index is 1.42. The number of ether oxygens (including phenoxy) is 1. The summed E-state index contributed by atoms with van der Waals surface area (Å²) in [6, 6.07) is 0. The molecule has 0 N–H and O–H groups in total. The lowest BCUT2D eigenvalue weighted by Crippen LogP contribution is -2.30. The molecule has 0 spiro atoms. The van der Waals surface area contributed by atoms with E-state index in [-0.39, 0.29) is 17.9 Å². The van der Waals surface area contributed by atoms with Crippen LogP contribution >= 0.6 is 23.2 Å². The Morgan fingerprint density at radius 3 is 2.30 bits per heavy atom. The van der Waals surface area contributed by atoms with E-state index in [2.05, 4.69) is 10.1 Å². The summed E-state index contributed by atoms with van der Waals surface area (Å²) in [6.07, 6.45) is 9.10. The summed E-state index contributed by atoms with van der Waals surface area (Å²) < 4.78 is 11.9. The predicted octanol–water partition coefficient (Wildman–Crippen LogP) is 5.20. The van der Waals surface area contributed by atoms with Gasteiger partial charge in [-0.05, 0) is 38.5 Å². The zero-order valence-corrected chi connectivity index (χ0v) is 16.3. The molecule has 3 aliphatic rings. The fourth-order valence-electron chi connectivity index (χ4n) is 4.52. The lowest BCUT2D eigenvalue weighted by atomic mass is 9.86. The van der Waals surface area contributed by atoms with E-state index in [9.17, 15) is 4.79 Å². The third-order valence-electron chi connectivity index (χ3n) is 6.08. The lowest BCUT2D eigenvalue weighted by molar-refractivity contribution is -0.130. The van der Waals surface area contributed by atoms with Crippen molar-refractivity contribution in [3.8, 4) is 11.3 Å². The van der Waals surface area contributed by atoms with Gasteiger partial charge >= 0.3 is 0 Å². The van der Waals surface area contributed by atoms with E-state index in [4.69, 9.17) is 32.5 Å². The summed E-state index contributed by atoms with van der Waals surface area (Å²) in [5.41, 5.74) is 2.21. The molecular weight excluding hydrogens is 387 g/mol. The highest BCUT2D eigenvalue weighted by molar-refractivity contribution is 6.38. The number of pyridine rings is 1. The average Bonchev–Trinajstić information content (AvgIpc) is 3.38. The molecule has 2 bridgehead atoms. The van der Waals surface area contributed by atoms with E-state index in [1.807, 2.05) is 0 Å². The van der Waals surface area contributed by atoms with Crippen LogP contribution in [0.3, 0.4) is 0 Å². The van der Waals surface area contributed by atoms with Gasteiger partial charge in [0, 0.05) is 41.3 Å². The number of carbonyl (C=O) groups excluding carboxylic acids is 1. The number of carbonyl (C=O) groups is 1. The van der Waals surface area contributed by atoms with Gasteiger partial charge in [0.25, 0.3) is 0 Å². The second-order valence-corrected chi connectivity index (χ2v) is 8.72. The van der Waals surface area contributed by atoms with Crippen LogP contribution in [-0.2, 0) is 16.1 Å². The van der Waals surface area contributed by atoms with Gasteiger partial charge in [-0.25, -0.2) is 0 Å². The number of Topliss-reactive ketones (excluding diaryl/α,β-unsaturated/α-hetero) is 1. The van der Waals surface area contributed by atoms with E-state index in [1.54, 1.807) is 12.4 Å². The Morgan fingerprint density at radius 2 is 1.67 bits per heavy atom. The largest absolute Gasteiger partial charge is 0.373 e. The number of ketones is 1. The molecule has 3 fully saturated rings. The highest BCUT2D eigenvalue weighted by Gasteiger charge is 2.42. The normalized spacial score (nSPS) is 27.3. The molecule has 3 saturated carbocycles. The van der Waals surface area contributed by atoms with Crippen molar-refractivity contribution >= 4 is 29.0 Å². The van der Waals surface area contributed by atoms with Crippen molar-refractivity contribution < 1.29 is 14.1 Å². The van der Waals surface area contributed by atoms with Crippen LogP contribution in [0.5, 0.6) is 0 Å². The minimum Gasteiger partial charge on any atom is -0.373 e. The first-order chi connectivity index (χ1) is 13.1. The Hall–Kier alpha value is -1.43. The number of aromatic nitrogens is 2. The van der Waals surface area contributed by atoms with Crippen molar-refractivity contribution in [2.24, 2.45) is 11.8 Å². The molecule has 0 saturated heterocycles. The minimum absolute atomic E-state index is 0.110. The Morgan fingerprint density at radius 1 is 1.04 bits per heavy atom. The van der Waals surface area contributed by atoms with Crippen molar-refractivity contribution in [2.45, 2.75) is 57.2 Å². The highest BCUT2D eigenvalue weighted by Crippen LogP contribution is 2.46. The molecular formula is C20H20Cl2N2O3. The molecule has 142 valence electrons. The van der Waals surface area contributed by atoms with Crippen molar-refractivity contribution in [1.29, 1.82) is 0 Å². The van der Waals surface area contributed by atoms with Crippen molar-refractivity contribution in [1.82, 2.24) is 10.1 Å². The molecule has 2 aromatic heterocycles. The monoisotopic (exact) mass is 406 g/mol. The van der Waals surface area contributed by atoms with Crippen LogP contribution in [-0.4, -0.2) is 22.0 Å². The predicted molar refractivity (Wildman–Crippen MR) is 101 cm³/mol. The molecule has 2 heterocycles. The van der Waals surface area contributed by atoms with Gasteiger partial charge in [0.15, 0.2) is 0 Å². The summed E-state index contributed by atoms with van der Waals surface area (Å²) in [7, 11) is 0. The van der Waals surface area contributed by atoms with E-state index in [0.717, 1.165) is 49.8 Å². The van der Waals surface area contributed by atoms with Gasteiger partial charge in [-0.1, -0.05) is 28.4 Å². The zero-order chi connectivity index (χ0) is 18.5. The smallest absolute Gasteiger partial charge is 0.145 e. The van der Waals surface area contributed by atoms with E-state index < -0.39 is 0 Å². The van der Waals surface area contributed by atoms with Gasteiger partial charge in [-0.15, -0.1) is 0 Å². The van der Waals surface area contributed by atoms with Gasteiger partial charge in [0.1, 0.15) is 17.2 Å². The Bertz CT molecular complexity index is 857. The first-order valence-electron chi connectivity index (χ1n) is 9.55. The highest BCUT2D eigenvalue weighted by atomic mass is 35.5. The molecule has 0 aliphatic heterocycles. The van der Waals surface area contributed by atoms with Crippen LogP contribution in [0, 0.1) is 11.8 Å². The molecule has 3 atom stereocenters. The molecule has 5 rings (SSSR count). The maximum atomic E-state index is 12.1. The average molecular weight is 407 g/mol. The first kappa shape index (κ1) is 17.7. The third-order valence-corrected chi connectivity index (χ3v) is 6.66.